The van der Waals surface area contributed by atoms with Gasteiger partial charge < -0.3 is 18.9 Å². The maximum absolute atomic E-state index is 2.83. The van der Waals surface area contributed by atoms with E-state index < -0.39 is 10.8 Å². The third-order valence-electron chi connectivity index (χ3n) is 31.4. The van der Waals surface area contributed by atoms with Crippen molar-refractivity contribution in [3.63, 3.8) is 0 Å². The van der Waals surface area contributed by atoms with Crippen LogP contribution < -0.4 is 26.2 Å². The number of anilines is 6. The van der Waals surface area contributed by atoms with Gasteiger partial charge in [0.05, 0.1) is 38.9 Å². The van der Waals surface area contributed by atoms with E-state index in [9.17, 15) is 0 Å². The van der Waals surface area contributed by atoms with Crippen molar-refractivity contribution in [1.82, 2.24) is 9.13 Å². The van der Waals surface area contributed by atoms with E-state index in [1.54, 1.807) is 0 Å². The van der Waals surface area contributed by atoms with Crippen LogP contribution >= 0.6 is 0 Å². The Morgan fingerprint density at radius 3 is 0.833 bits per heavy atom. The van der Waals surface area contributed by atoms with Crippen LogP contribution in [0.1, 0.15) is 259 Å². The lowest BCUT2D eigenvalue weighted by molar-refractivity contribution is 0.589. The Morgan fingerprint density at radius 1 is 0.196 bits per heavy atom. The first-order valence-corrected chi connectivity index (χ1v) is 50.5. The predicted molar refractivity (Wildman–Crippen MR) is 595 cm³/mol. The summed E-state index contributed by atoms with van der Waals surface area (Å²) >= 11 is 0. The van der Waals surface area contributed by atoms with E-state index in [-0.39, 0.29) is 50.0 Å². The molecule has 1 spiro atoms. The number of nitrogens with zero attached hydrogens (tertiary/aromatic N) is 4. The Bertz CT molecular complexity index is 7800. The number of aromatic nitrogens is 2. The molecule has 138 heavy (non-hydrogen) atoms. The third kappa shape index (κ3) is 14.3. The van der Waals surface area contributed by atoms with E-state index in [2.05, 4.69) is 521 Å². The Labute approximate surface area is 821 Å². The molecule has 2 aliphatic carbocycles. The smallest absolute Gasteiger partial charge is 0.252 e. The van der Waals surface area contributed by atoms with Crippen molar-refractivity contribution >= 4 is 101 Å². The first kappa shape index (κ1) is 90.0. The second kappa shape index (κ2) is 30.9. The molecule has 0 atom stereocenters. The number of benzene rings is 16. The summed E-state index contributed by atoms with van der Waals surface area (Å²) in [7, 11) is 0. The normalized spacial score (nSPS) is 14.2. The van der Waals surface area contributed by atoms with Crippen LogP contribution in [0, 0.1) is 0 Å². The number of fused-ring (bicyclic) bond motifs is 20. The lowest BCUT2D eigenvalue weighted by Crippen LogP contribution is -2.61. The van der Waals surface area contributed by atoms with Crippen LogP contribution in [0.2, 0.25) is 0 Å². The lowest BCUT2D eigenvalue weighted by atomic mass is 9.33. The lowest BCUT2D eigenvalue weighted by Gasteiger charge is -2.47. The second-order valence-electron chi connectivity index (χ2n) is 49.9. The van der Waals surface area contributed by atoms with Gasteiger partial charge in [-0.2, -0.15) is 0 Å². The highest BCUT2D eigenvalue weighted by Gasteiger charge is 2.53. The van der Waals surface area contributed by atoms with Crippen LogP contribution in [0.25, 0.3) is 122 Å². The summed E-state index contributed by atoms with van der Waals surface area (Å²) in [5.41, 5.74) is 46.7. The summed E-state index contributed by atoms with van der Waals surface area (Å²) in [6, 6.07) is 127. The topological polar surface area (TPSA) is 16.3 Å². The Morgan fingerprint density at radius 2 is 0.486 bits per heavy atom. The van der Waals surface area contributed by atoms with Crippen molar-refractivity contribution in [3.05, 3.63) is 388 Å². The van der Waals surface area contributed by atoms with Gasteiger partial charge in [0, 0.05) is 77.9 Å². The molecule has 0 fully saturated rings. The highest BCUT2D eigenvalue weighted by molar-refractivity contribution is 7.00. The zero-order valence-corrected chi connectivity index (χ0v) is 86.4. The maximum atomic E-state index is 2.83. The van der Waals surface area contributed by atoms with E-state index >= 15 is 0 Å². The monoisotopic (exact) mass is 1800 g/mol. The maximum Gasteiger partial charge on any atom is 0.252 e. The van der Waals surface area contributed by atoms with Crippen molar-refractivity contribution < 1.29 is 0 Å². The van der Waals surface area contributed by atoms with Crippen molar-refractivity contribution in [3.8, 4) is 78.1 Å². The summed E-state index contributed by atoms with van der Waals surface area (Å²) in [4.78, 5) is 5.65. The first-order valence-electron chi connectivity index (χ1n) is 50.5. The van der Waals surface area contributed by atoms with E-state index in [4.69, 9.17) is 0 Å². The van der Waals surface area contributed by atoms with Gasteiger partial charge >= 0.3 is 0 Å². The van der Waals surface area contributed by atoms with Gasteiger partial charge in [-0.15, -0.1) is 0 Å². The molecular formula is C133H133BN4. The molecule has 4 heterocycles. The minimum Gasteiger partial charge on any atom is -0.310 e. The van der Waals surface area contributed by atoms with E-state index in [1.165, 1.54) is 182 Å². The molecule has 0 unspecified atom stereocenters. The average Bonchev–Trinajstić information content (AvgIpc) is 1.38. The summed E-state index contributed by atoms with van der Waals surface area (Å²) in [6.07, 6.45) is 0. The van der Waals surface area contributed by atoms with Gasteiger partial charge in [-0.25, -0.2) is 0 Å². The number of hydrogen-bond donors (Lipinski definition) is 0. The van der Waals surface area contributed by atoms with Crippen molar-refractivity contribution in [1.29, 1.82) is 0 Å². The standard InChI is InChI=1S/C133H133BN4/c1-124(2,3)84-52-44-80(45-53-84)99-70-90(130(19,20)21)71-100(81-46-54-85(55-47-81)125(4,5)6)122(99)137-117-76-93(135-114-66-60-88(128(13,14)15)68-104(114)105-69-89(129(16,17)18)61-67-115(105)135)62-64-111(117)134-112-65-63-94(136-113-43-35-31-39-98(113)106-78-103-97-38-30-34-42-109(97)133(110(103)79-116(106)136)107-40-32-28-36-95(107)96-37-29-33-41-108(96)133)77-118(112)138(120-75-92(132(25,26)27)74-119(137)121(120)134)123-101(82-48-56-86(57-49-82)126(7,8)9)72-91(131(22,23)24)73-102(123)83-50-58-87(59-51-83)127(10,11)12/h28-79H,1-27H3. The number of rotatable bonds is 8. The average molecular weight is 1800 g/mol. The molecule has 18 aromatic rings. The predicted octanol–water partition coefficient (Wildman–Crippen LogP) is 34.7. The van der Waals surface area contributed by atoms with Gasteiger partial charge in [0.1, 0.15) is 0 Å². The molecule has 0 bridgehead atoms. The van der Waals surface area contributed by atoms with Crippen molar-refractivity contribution in [2.45, 2.75) is 241 Å². The molecular weight excluding hydrogens is 1660 g/mol. The second-order valence-corrected chi connectivity index (χ2v) is 49.9. The highest BCUT2D eigenvalue weighted by atomic mass is 15.2. The molecule has 2 aromatic heterocycles. The quantitative estimate of drug-likeness (QED) is 0.141. The van der Waals surface area contributed by atoms with Crippen molar-refractivity contribution in [2.24, 2.45) is 0 Å². The van der Waals surface area contributed by atoms with E-state index in [1.807, 2.05) is 0 Å². The summed E-state index contributed by atoms with van der Waals surface area (Å²) < 4.78 is 5.26. The van der Waals surface area contributed by atoms with Gasteiger partial charge in [-0.05, 0) is 285 Å². The fourth-order valence-corrected chi connectivity index (χ4v) is 23.3. The van der Waals surface area contributed by atoms with Crippen LogP contribution in [-0.4, -0.2) is 15.8 Å². The van der Waals surface area contributed by atoms with E-state index in [0.717, 1.165) is 62.1 Å². The molecule has 0 saturated heterocycles. The minimum atomic E-state index is -0.575. The molecule has 0 N–H and O–H groups in total. The zero-order chi connectivity index (χ0) is 97.1. The Hall–Kier alpha value is -13.2. The molecule has 16 aromatic carbocycles. The van der Waals surface area contributed by atoms with Crippen LogP contribution in [0.15, 0.2) is 315 Å². The highest BCUT2D eigenvalue weighted by Crippen LogP contribution is 2.65. The van der Waals surface area contributed by atoms with Crippen LogP contribution in [0.4, 0.5) is 34.1 Å². The van der Waals surface area contributed by atoms with Gasteiger partial charge in [-0.3, -0.25) is 0 Å². The Kier molecular flexibility index (Phi) is 20.1. The molecule has 0 amide bonds. The molecule has 2 aliphatic heterocycles. The van der Waals surface area contributed by atoms with Crippen LogP contribution in [0.5, 0.6) is 0 Å². The summed E-state index contributed by atoms with van der Waals surface area (Å²) in [5.74, 6) is 0. The first-order chi connectivity index (χ1) is 65.1. The molecule has 0 saturated carbocycles. The van der Waals surface area contributed by atoms with Gasteiger partial charge in [0.2, 0.25) is 0 Å². The fourth-order valence-electron chi connectivity index (χ4n) is 23.3. The number of para-hydroxylation sites is 1. The summed E-state index contributed by atoms with van der Waals surface area (Å²) in [6.45, 7) is 63.7. The van der Waals surface area contributed by atoms with Crippen LogP contribution in [0.3, 0.4) is 0 Å². The van der Waals surface area contributed by atoms with Crippen LogP contribution in [-0.2, 0) is 54.1 Å². The van der Waals surface area contributed by atoms with Crippen molar-refractivity contribution in [2.75, 3.05) is 9.80 Å². The SMILES string of the molecule is CC(C)(C)c1ccc(-c2cc(C(C)(C)C)cc(-c3ccc(C(C)(C)C)cc3)c2N2c3cc(-n4c5ccc(C(C)(C)C)cc5c5cc(C(C)(C)C)ccc54)ccc3B3c4ccc(-n5c6ccccc6c6cc7c(cc65)C5(c6ccccc6-c6ccccc65)c5ccccc5-7)cc4N(c4c(-c5ccc(C(C)(C)C)cc5)cc(C(C)(C)C)cc4-c4ccc(C(C)(C)C)cc4)c4cc(C(C)(C)C)cc2c43)cc1. The third-order valence-corrected chi connectivity index (χ3v) is 31.4. The van der Waals surface area contributed by atoms with E-state index in [0.29, 0.717) is 0 Å². The van der Waals surface area contributed by atoms with Gasteiger partial charge in [0.15, 0.2) is 0 Å². The fraction of sp³-hybridized carbons (Fsp3) is 0.278. The molecule has 4 aliphatic rings. The minimum absolute atomic E-state index is 0.0919. The largest absolute Gasteiger partial charge is 0.310 e. The molecule has 5 heteroatoms. The molecule has 0 radical (unpaired) electrons. The van der Waals surface area contributed by atoms with Gasteiger partial charge in [-0.1, -0.05) is 399 Å². The Balaban J connectivity index is 0.922. The number of hydrogen-bond acceptors (Lipinski definition) is 2. The zero-order valence-electron chi connectivity index (χ0n) is 86.4. The summed E-state index contributed by atoms with van der Waals surface area (Å²) in [5, 5.41) is 4.96. The molecule has 4 nitrogen and oxygen atoms in total. The molecule has 22 rings (SSSR count). The molecule has 688 valence electrons. The van der Waals surface area contributed by atoms with Gasteiger partial charge in [0.25, 0.3) is 6.71 Å².